The number of carbonyl (C=O) groups is 2. The summed E-state index contributed by atoms with van der Waals surface area (Å²) in [7, 11) is 0. The van der Waals surface area contributed by atoms with E-state index in [1.807, 2.05) is 13.8 Å². The van der Waals surface area contributed by atoms with Crippen molar-refractivity contribution in [3.63, 3.8) is 0 Å². The van der Waals surface area contributed by atoms with Gasteiger partial charge < -0.3 is 9.47 Å². The number of carbonyl (C=O) groups excluding carboxylic acids is 2. The quantitative estimate of drug-likeness (QED) is 0.386. The van der Waals surface area contributed by atoms with Crippen LogP contribution in [0.4, 0.5) is 0 Å². The molecular weight excluding hydrogens is 244 g/mol. The summed E-state index contributed by atoms with van der Waals surface area (Å²) in [6.45, 7) is 7.78. The van der Waals surface area contributed by atoms with Crippen LogP contribution >= 0.6 is 0 Å². The van der Waals surface area contributed by atoms with E-state index < -0.39 is 17.4 Å². The molecule has 4 heteroatoms. The molecular formula is C15H24O4. The lowest BCUT2D eigenvalue weighted by Gasteiger charge is -2.30. The Kier molecular flexibility index (Phi) is 7.90. The second-order valence-electron chi connectivity index (χ2n) is 4.83. The van der Waals surface area contributed by atoms with Crippen LogP contribution in [0.25, 0.3) is 0 Å². The van der Waals surface area contributed by atoms with Crippen molar-refractivity contribution in [2.45, 2.75) is 47.0 Å². The van der Waals surface area contributed by atoms with Crippen molar-refractivity contribution in [2.24, 2.45) is 11.3 Å². The molecule has 0 aliphatic heterocycles. The molecule has 4 nitrogen and oxygen atoms in total. The van der Waals surface area contributed by atoms with Crippen LogP contribution < -0.4 is 0 Å². The summed E-state index contributed by atoms with van der Waals surface area (Å²) in [5, 5.41) is 0. The first-order valence-corrected chi connectivity index (χ1v) is 6.72. The fraction of sp³-hybridized carbons (Fsp3) is 0.733. The molecule has 0 amide bonds. The van der Waals surface area contributed by atoms with Crippen molar-refractivity contribution in [3.8, 4) is 12.3 Å². The van der Waals surface area contributed by atoms with Gasteiger partial charge in [0.05, 0.1) is 13.2 Å². The Morgan fingerprint density at radius 3 is 1.95 bits per heavy atom. The molecule has 0 N–H and O–H groups in total. The van der Waals surface area contributed by atoms with Crippen LogP contribution in [0.15, 0.2) is 0 Å². The van der Waals surface area contributed by atoms with Gasteiger partial charge in [-0.15, -0.1) is 12.3 Å². The minimum atomic E-state index is -1.27. The molecule has 0 saturated carbocycles. The van der Waals surface area contributed by atoms with E-state index in [4.69, 9.17) is 15.9 Å². The topological polar surface area (TPSA) is 52.6 Å². The summed E-state index contributed by atoms with van der Waals surface area (Å²) >= 11 is 0. The maximum Gasteiger partial charge on any atom is 0.323 e. The zero-order chi connectivity index (χ0) is 14.9. The van der Waals surface area contributed by atoms with Crippen molar-refractivity contribution in [1.82, 2.24) is 0 Å². The van der Waals surface area contributed by atoms with E-state index in [2.05, 4.69) is 5.92 Å². The van der Waals surface area contributed by atoms with Crippen LogP contribution in [-0.4, -0.2) is 25.2 Å². The molecule has 0 atom stereocenters. The highest BCUT2D eigenvalue weighted by atomic mass is 16.6. The molecule has 0 aromatic carbocycles. The Hall–Kier alpha value is -1.50. The molecule has 19 heavy (non-hydrogen) atoms. The van der Waals surface area contributed by atoms with Crippen LogP contribution in [0.3, 0.4) is 0 Å². The summed E-state index contributed by atoms with van der Waals surface area (Å²) in [6.07, 6.45) is 6.24. The van der Waals surface area contributed by atoms with Crippen molar-refractivity contribution in [3.05, 3.63) is 0 Å². The maximum atomic E-state index is 12.2. The lowest BCUT2D eigenvalue weighted by Crippen LogP contribution is -2.43. The van der Waals surface area contributed by atoms with Crippen LogP contribution in [0, 0.1) is 23.7 Å². The highest BCUT2D eigenvalue weighted by molar-refractivity contribution is 6.00. The number of hydrogen-bond acceptors (Lipinski definition) is 4. The van der Waals surface area contributed by atoms with E-state index in [-0.39, 0.29) is 25.6 Å². The molecule has 0 rings (SSSR count). The second kappa shape index (κ2) is 8.58. The molecule has 0 bridgehead atoms. The molecule has 0 aliphatic carbocycles. The van der Waals surface area contributed by atoms with Gasteiger partial charge in [-0.25, -0.2) is 0 Å². The Morgan fingerprint density at radius 1 is 1.16 bits per heavy atom. The van der Waals surface area contributed by atoms with E-state index in [1.54, 1.807) is 13.8 Å². The molecule has 0 aromatic rings. The summed E-state index contributed by atoms with van der Waals surface area (Å²) in [5.74, 6) is 1.57. The highest BCUT2D eigenvalue weighted by Gasteiger charge is 2.48. The van der Waals surface area contributed by atoms with E-state index in [9.17, 15) is 9.59 Å². The first kappa shape index (κ1) is 17.5. The Bertz CT molecular complexity index is 321. The fourth-order valence-corrected chi connectivity index (χ4v) is 2.08. The van der Waals surface area contributed by atoms with Gasteiger partial charge in [0.25, 0.3) is 0 Å². The van der Waals surface area contributed by atoms with Crippen molar-refractivity contribution >= 4 is 11.9 Å². The summed E-state index contributed by atoms with van der Waals surface area (Å²) in [5.41, 5.74) is -1.27. The number of hydrogen-bond donors (Lipinski definition) is 0. The van der Waals surface area contributed by atoms with E-state index in [0.717, 1.165) is 0 Å². The predicted molar refractivity (Wildman–Crippen MR) is 73.2 cm³/mol. The van der Waals surface area contributed by atoms with E-state index >= 15 is 0 Å². The standard InChI is InChI=1S/C15H24O4/c1-6-9-10-15(11-12(4)5,13(16)18-7-2)14(17)19-8-3/h1,12H,7-11H2,2-5H3. The van der Waals surface area contributed by atoms with Crippen LogP contribution in [0.5, 0.6) is 0 Å². The zero-order valence-corrected chi connectivity index (χ0v) is 12.3. The van der Waals surface area contributed by atoms with Crippen LogP contribution in [0.2, 0.25) is 0 Å². The van der Waals surface area contributed by atoms with Gasteiger partial charge in [0, 0.05) is 6.42 Å². The zero-order valence-electron chi connectivity index (χ0n) is 12.3. The van der Waals surface area contributed by atoms with E-state index in [1.165, 1.54) is 0 Å². The number of rotatable bonds is 8. The molecule has 108 valence electrons. The van der Waals surface area contributed by atoms with Gasteiger partial charge in [0.2, 0.25) is 0 Å². The van der Waals surface area contributed by atoms with Gasteiger partial charge in [0.1, 0.15) is 0 Å². The van der Waals surface area contributed by atoms with Gasteiger partial charge in [0.15, 0.2) is 5.41 Å². The van der Waals surface area contributed by atoms with Gasteiger partial charge in [-0.05, 0) is 32.6 Å². The molecule has 0 unspecified atom stereocenters. The largest absolute Gasteiger partial charge is 0.465 e. The summed E-state index contributed by atoms with van der Waals surface area (Å²) in [6, 6.07) is 0. The number of ether oxygens (including phenoxy) is 2. The molecule has 0 fully saturated rings. The predicted octanol–water partition coefficient (Wildman–Crippen LogP) is 2.56. The number of esters is 2. The molecule has 0 aromatic heterocycles. The van der Waals surface area contributed by atoms with E-state index in [0.29, 0.717) is 12.8 Å². The first-order chi connectivity index (χ1) is 8.94. The lowest BCUT2D eigenvalue weighted by molar-refractivity contribution is -0.174. The second-order valence-corrected chi connectivity index (χ2v) is 4.83. The van der Waals surface area contributed by atoms with Crippen LogP contribution in [-0.2, 0) is 19.1 Å². The molecule has 0 aliphatic rings. The lowest BCUT2D eigenvalue weighted by atomic mass is 9.76. The average Bonchev–Trinajstić information content (AvgIpc) is 2.34. The third-order valence-corrected chi connectivity index (χ3v) is 2.79. The van der Waals surface area contributed by atoms with Crippen molar-refractivity contribution in [1.29, 1.82) is 0 Å². The fourth-order valence-electron chi connectivity index (χ4n) is 2.08. The third-order valence-electron chi connectivity index (χ3n) is 2.79. The summed E-state index contributed by atoms with van der Waals surface area (Å²) in [4.78, 5) is 24.5. The van der Waals surface area contributed by atoms with Crippen molar-refractivity contribution < 1.29 is 19.1 Å². The van der Waals surface area contributed by atoms with Gasteiger partial charge >= 0.3 is 11.9 Å². The Balaban J connectivity index is 5.36. The Morgan fingerprint density at radius 2 is 1.63 bits per heavy atom. The number of terminal acetylenes is 1. The molecule has 0 saturated heterocycles. The minimum Gasteiger partial charge on any atom is -0.465 e. The Labute approximate surface area is 115 Å². The average molecular weight is 268 g/mol. The first-order valence-electron chi connectivity index (χ1n) is 6.72. The molecule has 0 spiro atoms. The highest BCUT2D eigenvalue weighted by Crippen LogP contribution is 2.35. The van der Waals surface area contributed by atoms with Crippen molar-refractivity contribution in [2.75, 3.05) is 13.2 Å². The molecule has 0 radical (unpaired) electrons. The SMILES string of the molecule is C#CCCC(CC(C)C)(C(=O)OCC)C(=O)OCC. The smallest absolute Gasteiger partial charge is 0.323 e. The monoisotopic (exact) mass is 268 g/mol. The normalized spacial score (nSPS) is 10.9. The summed E-state index contributed by atoms with van der Waals surface area (Å²) < 4.78 is 10.1. The van der Waals surface area contributed by atoms with Crippen LogP contribution in [0.1, 0.15) is 47.0 Å². The third kappa shape index (κ3) is 4.94. The minimum absolute atomic E-state index is 0.159. The van der Waals surface area contributed by atoms with Gasteiger partial charge in [-0.1, -0.05) is 13.8 Å². The van der Waals surface area contributed by atoms with Gasteiger partial charge in [-0.3, -0.25) is 9.59 Å². The van der Waals surface area contributed by atoms with Gasteiger partial charge in [-0.2, -0.15) is 0 Å². The molecule has 0 heterocycles. The maximum absolute atomic E-state index is 12.2.